The van der Waals surface area contributed by atoms with Gasteiger partial charge in [0.2, 0.25) is 12.6 Å². The molecule has 2 aliphatic rings. The summed E-state index contributed by atoms with van der Waals surface area (Å²) in [6.07, 6.45) is 0. The monoisotopic (exact) mass is 494 g/mol. The molecule has 0 saturated heterocycles. The van der Waals surface area contributed by atoms with E-state index in [9.17, 15) is 4.79 Å². The highest BCUT2D eigenvalue weighted by molar-refractivity contribution is 5.87. The first-order valence-electron chi connectivity index (χ1n) is 12.1. The molecule has 8 nitrogen and oxygen atoms in total. The molecule has 0 spiro atoms. The SMILES string of the molecule is CC1=C(c2nc(-c3ccc4c(c3)OCO4)no2)C(c2ccc(C)cc2)NC(=O)N1Cc1ccccc1C. The Bertz CT molecular complexity index is 1520. The zero-order valence-electron chi connectivity index (χ0n) is 20.8. The van der Waals surface area contributed by atoms with Crippen molar-refractivity contribution in [1.82, 2.24) is 20.4 Å². The fourth-order valence-corrected chi connectivity index (χ4v) is 4.70. The third-order valence-corrected chi connectivity index (χ3v) is 6.88. The Balaban J connectivity index is 1.43. The molecule has 2 amide bonds. The molecular weight excluding hydrogens is 468 g/mol. The number of nitrogens with zero attached hydrogens (tertiary/aromatic N) is 3. The van der Waals surface area contributed by atoms with Gasteiger partial charge in [0.25, 0.3) is 5.89 Å². The van der Waals surface area contributed by atoms with Gasteiger partial charge in [0, 0.05) is 11.3 Å². The lowest BCUT2D eigenvalue weighted by Gasteiger charge is -2.35. The number of amides is 2. The highest BCUT2D eigenvalue weighted by Gasteiger charge is 2.36. The predicted octanol–water partition coefficient (Wildman–Crippen LogP) is 5.78. The maximum absolute atomic E-state index is 13.4. The van der Waals surface area contributed by atoms with Crippen LogP contribution in [0.1, 0.15) is 41.1 Å². The number of rotatable bonds is 5. The van der Waals surface area contributed by atoms with Gasteiger partial charge in [-0.05, 0) is 55.7 Å². The summed E-state index contributed by atoms with van der Waals surface area (Å²) in [4.78, 5) is 19.8. The quantitative estimate of drug-likeness (QED) is 0.378. The van der Waals surface area contributed by atoms with Crippen LogP contribution < -0.4 is 14.8 Å². The number of hydrogen-bond donors (Lipinski definition) is 1. The molecule has 3 aromatic carbocycles. The summed E-state index contributed by atoms with van der Waals surface area (Å²) in [5.41, 5.74) is 6.53. The topological polar surface area (TPSA) is 89.7 Å². The van der Waals surface area contributed by atoms with Gasteiger partial charge in [-0.1, -0.05) is 59.3 Å². The largest absolute Gasteiger partial charge is 0.454 e. The molecule has 0 fully saturated rings. The van der Waals surface area contributed by atoms with Crippen LogP contribution in [-0.4, -0.2) is 27.9 Å². The van der Waals surface area contributed by atoms with E-state index in [0.29, 0.717) is 29.8 Å². The average molecular weight is 495 g/mol. The zero-order chi connectivity index (χ0) is 25.5. The Labute approximate surface area is 214 Å². The van der Waals surface area contributed by atoms with Gasteiger partial charge in [0.15, 0.2) is 11.5 Å². The number of benzene rings is 3. The third-order valence-electron chi connectivity index (χ3n) is 6.88. The van der Waals surface area contributed by atoms with Crippen molar-refractivity contribution in [2.45, 2.75) is 33.4 Å². The van der Waals surface area contributed by atoms with Crippen LogP contribution in [0.3, 0.4) is 0 Å². The summed E-state index contributed by atoms with van der Waals surface area (Å²) >= 11 is 0. The van der Waals surface area contributed by atoms with Crippen molar-refractivity contribution in [3.63, 3.8) is 0 Å². The molecule has 2 aliphatic heterocycles. The molecule has 0 radical (unpaired) electrons. The van der Waals surface area contributed by atoms with E-state index >= 15 is 0 Å². The first-order chi connectivity index (χ1) is 18.0. The summed E-state index contributed by atoms with van der Waals surface area (Å²) in [5, 5.41) is 7.43. The van der Waals surface area contributed by atoms with Crippen molar-refractivity contribution in [2.75, 3.05) is 6.79 Å². The highest BCUT2D eigenvalue weighted by atomic mass is 16.7. The first-order valence-corrected chi connectivity index (χ1v) is 12.1. The molecule has 4 aromatic rings. The normalized spacial score (nSPS) is 16.8. The Morgan fingerprint density at radius 1 is 0.973 bits per heavy atom. The van der Waals surface area contributed by atoms with E-state index < -0.39 is 6.04 Å². The molecule has 1 aromatic heterocycles. The maximum Gasteiger partial charge on any atom is 0.322 e. The summed E-state index contributed by atoms with van der Waals surface area (Å²) < 4.78 is 16.7. The van der Waals surface area contributed by atoms with Crippen LogP contribution >= 0.6 is 0 Å². The first kappa shape index (κ1) is 22.8. The zero-order valence-corrected chi connectivity index (χ0v) is 20.8. The maximum atomic E-state index is 13.4. The van der Waals surface area contributed by atoms with Crippen molar-refractivity contribution in [2.24, 2.45) is 0 Å². The second-order valence-electron chi connectivity index (χ2n) is 9.30. The molecule has 3 heterocycles. The van der Waals surface area contributed by atoms with Gasteiger partial charge in [-0.25, -0.2) is 4.79 Å². The van der Waals surface area contributed by atoms with E-state index in [1.165, 1.54) is 0 Å². The number of aromatic nitrogens is 2. The third kappa shape index (κ3) is 4.20. The highest BCUT2D eigenvalue weighted by Crippen LogP contribution is 2.39. The fourth-order valence-electron chi connectivity index (χ4n) is 4.70. The van der Waals surface area contributed by atoms with Crippen LogP contribution in [0.25, 0.3) is 17.0 Å². The molecular formula is C29H26N4O4. The summed E-state index contributed by atoms with van der Waals surface area (Å²) in [6, 6.07) is 21.1. The van der Waals surface area contributed by atoms with Gasteiger partial charge >= 0.3 is 6.03 Å². The van der Waals surface area contributed by atoms with Crippen LogP contribution in [0.15, 0.2) is 77.0 Å². The number of aryl methyl sites for hydroxylation is 2. The fraction of sp³-hybridized carbons (Fsp3) is 0.207. The number of carbonyl (C=O) groups excluding carboxylic acids is 1. The Hall–Kier alpha value is -4.59. The molecule has 37 heavy (non-hydrogen) atoms. The van der Waals surface area contributed by atoms with Gasteiger partial charge < -0.3 is 19.3 Å². The van der Waals surface area contributed by atoms with E-state index in [4.69, 9.17) is 19.0 Å². The molecule has 8 heteroatoms. The van der Waals surface area contributed by atoms with Crippen LogP contribution in [-0.2, 0) is 6.54 Å². The van der Waals surface area contributed by atoms with Crippen LogP contribution in [0, 0.1) is 13.8 Å². The molecule has 186 valence electrons. The number of hydrogen-bond acceptors (Lipinski definition) is 6. The number of nitrogens with one attached hydrogen (secondary N) is 1. The summed E-state index contributed by atoms with van der Waals surface area (Å²) in [7, 11) is 0. The average Bonchev–Trinajstić information content (AvgIpc) is 3.57. The minimum Gasteiger partial charge on any atom is -0.454 e. The van der Waals surface area contributed by atoms with Crippen molar-refractivity contribution < 1.29 is 18.8 Å². The van der Waals surface area contributed by atoms with Crippen molar-refractivity contribution in [1.29, 1.82) is 0 Å². The number of carbonyl (C=O) groups is 1. The molecule has 6 rings (SSSR count). The van der Waals surface area contributed by atoms with Crippen LogP contribution in [0.5, 0.6) is 11.5 Å². The van der Waals surface area contributed by atoms with Crippen molar-refractivity contribution >= 4 is 11.6 Å². The van der Waals surface area contributed by atoms with E-state index in [-0.39, 0.29) is 12.8 Å². The molecule has 1 atom stereocenters. The molecule has 1 unspecified atom stereocenters. The van der Waals surface area contributed by atoms with Crippen molar-refractivity contribution in [3.8, 4) is 22.9 Å². The van der Waals surface area contributed by atoms with Crippen LogP contribution in [0.4, 0.5) is 4.79 Å². The number of allylic oxidation sites excluding steroid dienone is 1. The standard InChI is InChI=1S/C29H26N4O4/c1-17-8-10-20(11-9-17)26-25(19(3)33(29(34)30-26)15-22-7-5-4-6-18(22)2)28-31-27(32-37-28)21-12-13-23-24(14-21)36-16-35-23/h4-14,26H,15-16H2,1-3H3,(H,30,34). The van der Waals surface area contributed by atoms with Gasteiger partial charge in [-0.2, -0.15) is 4.98 Å². The second-order valence-corrected chi connectivity index (χ2v) is 9.30. The van der Waals surface area contributed by atoms with Gasteiger partial charge in [0.05, 0.1) is 18.2 Å². The molecule has 0 saturated carbocycles. The smallest absolute Gasteiger partial charge is 0.322 e. The van der Waals surface area contributed by atoms with Gasteiger partial charge in [0.1, 0.15) is 0 Å². The van der Waals surface area contributed by atoms with Gasteiger partial charge in [-0.15, -0.1) is 0 Å². The van der Waals surface area contributed by atoms with E-state index in [1.807, 2.05) is 87.5 Å². The molecule has 1 N–H and O–H groups in total. The molecule has 0 bridgehead atoms. The lowest BCUT2D eigenvalue weighted by molar-refractivity contribution is 0.174. The van der Waals surface area contributed by atoms with E-state index in [2.05, 4.69) is 10.5 Å². The minimum atomic E-state index is -0.439. The Morgan fingerprint density at radius 2 is 1.76 bits per heavy atom. The van der Waals surface area contributed by atoms with Gasteiger partial charge in [-0.3, -0.25) is 4.90 Å². The number of urea groups is 1. The lowest BCUT2D eigenvalue weighted by atomic mass is 9.93. The van der Waals surface area contributed by atoms with E-state index in [0.717, 1.165) is 39.1 Å². The summed E-state index contributed by atoms with van der Waals surface area (Å²) in [6.45, 7) is 6.62. The second kappa shape index (κ2) is 9.13. The number of fused-ring (bicyclic) bond motifs is 1. The molecule has 0 aliphatic carbocycles. The van der Waals surface area contributed by atoms with Crippen molar-refractivity contribution in [3.05, 3.63) is 101 Å². The van der Waals surface area contributed by atoms with Crippen LogP contribution in [0.2, 0.25) is 0 Å². The Kier molecular flexibility index (Phi) is 5.64. The lowest BCUT2D eigenvalue weighted by Crippen LogP contribution is -2.45. The predicted molar refractivity (Wildman–Crippen MR) is 138 cm³/mol. The van der Waals surface area contributed by atoms with E-state index in [1.54, 1.807) is 4.90 Å². The number of ether oxygens (including phenoxy) is 2. The summed E-state index contributed by atoms with van der Waals surface area (Å²) in [5.74, 6) is 2.11. The Morgan fingerprint density at radius 3 is 2.57 bits per heavy atom. The minimum absolute atomic E-state index is 0.175.